The van der Waals surface area contributed by atoms with Gasteiger partial charge in [-0.1, -0.05) is 62.2 Å². The number of nitrogens with zero attached hydrogens (tertiary/aromatic N) is 2. The summed E-state index contributed by atoms with van der Waals surface area (Å²) in [5.74, 6) is 0.531. The molecule has 1 saturated heterocycles. The van der Waals surface area contributed by atoms with Crippen molar-refractivity contribution in [3.63, 3.8) is 0 Å². The third-order valence-electron chi connectivity index (χ3n) is 6.64. The van der Waals surface area contributed by atoms with Crippen molar-refractivity contribution in [1.82, 2.24) is 4.90 Å². The van der Waals surface area contributed by atoms with Crippen LogP contribution in [0.3, 0.4) is 0 Å². The minimum atomic E-state index is 0.531. The van der Waals surface area contributed by atoms with Crippen LogP contribution in [0.5, 0.6) is 0 Å². The number of piperidine rings is 1. The van der Waals surface area contributed by atoms with Crippen molar-refractivity contribution in [3.05, 3.63) is 65.2 Å². The predicted octanol–water partition coefficient (Wildman–Crippen LogP) is 6.20. The number of anilines is 1. The molecule has 1 fully saturated rings. The van der Waals surface area contributed by atoms with Gasteiger partial charge in [0.15, 0.2) is 0 Å². The number of rotatable bonds is 7. The highest BCUT2D eigenvalue weighted by Gasteiger charge is 2.26. The zero-order valence-electron chi connectivity index (χ0n) is 17.6. The van der Waals surface area contributed by atoms with Crippen LogP contribution in [0.4, 0.5) is 5.69 Å². The van der Waals surface area contributed by atoms with Crippen molar-refractivity contribution in [2.24, 2.45) is 0 Å². The summed E-state index contributed by atoms with van der Waals surface area (Å²) < 4.78 is 0. The Kier molecular flexibility index (Phi) is 6.69. The normalized spacial score (nSPS) is 19.8. The van der Waals surface area contributed by atoms with E-state index in [2.05, 4.69) is 65.3 Å². The van der Waals surface area contributed by atoms with Crippen LogP contribution >= 0.6 is 0 Å². The molecule has 0 radical (unpaired) electrons. The molecule has 2 aromatic rings. The van der Waals surface area contributed by atoms with Crippen molar-refractivity contribution in [2.45, 2.75) is 64.3 Å². The van der Waals surface area contributed by atoms with Gasteiger partial charge in [0.05, 0.1) is 0 Å². The number of para-hydroxylation sites is 1. The lowest BCUT2D eigenvalue weighted by atomic mass is 9.85. The highest BCUT2D eigenvalue weighted by Crippen LogP contribution is 2.41. The Bertz CT molecular complexity index is 748. The van der Waals surface area contributed by atoms with Crippen molar-refractivity contribution in [2.75, 3.05) is 31.1 Å². The quantitative estimate of drug-likeness (QED) is 0.567. The molecule has 1 atom stereocenters. The van der Waals surface area contributed by atoms with Gasteiger partial charge >= 0.3 is 0 Å². The van der Waals surface area contributed by atoms with Gasteiger partial charge in [0.25, 0.3) is 0 Å². The molecule has 2 nitrogen and oxygen atoms in total. The molecule has 150 valence electrons. The fraction of sp³-hybridized carbons (Fsp3) is 0.538. The Hall–Kier alpha value is -1.80. The van der Waals surface area contributed by atoms with E-state index in [0.717, 1.165) is 13.1 Å². The Morgan fingerprint density at radius 3 is 2.39 bits per heavy atom. The van der Waals surface area contributed by atoms with Crippen LogP contribution in [0.2, 0.25) is 0 Å². The number of benzene rings is 2. The van der Waals surface area contributed by atoms with Gasteiger partial charge < -0.3 is 9.80 Å². The molecular formula is C26H36N2. The fourth-order valence-corrected chi connectivity index (χ4v) is 5.11. The number of likely N-dealkylation sites (tertiary alicyclic amines) is 1. The van der Waals surface area contributed by atoms with Crippen molar-refractivity contribution >= 4 is 5.69 Å². The minimum absolute atomic E-state index is 0.531. The lowest BCUT2D eigenvalue weighted by molar-refractivity contribution is 0.224. The van der Waals surface area contributed by atoms with Crippen molar-refractivity contribution < 1.29 is 0 Å². The molecule has 2 heterocycles. The lowest BCUT2D eigenvalue weighted by Gasteiger charge is -2.28. The maximum atomic E-state index is 2.69. The second-order valence-electron chi connectivity index (χ2n) is 8.63. The summed E-state index contributed by atoms with van der Waals surface area (Å²) in [5, 5.41) is 0. The number of fused-ring (bicyclic) bond motifs is 2. The van der Waals surface area contributed by atoms with Crippen LogP contribution in [-0.2, 0) is 6.54 Å². The molecule has 0 N–H and O–H groups in total. The summed E-state index contributed by atoms with van der Waals surface area (Å²) in [7, 11) is 0. The predicted molar refractivity (Wildman–Crippen MR) is 120 cm³/mol. The topological polar surface area (TPSA) is 6.48 Å². The molecule has 28 heavy (non-hydrogen) atoms. The molecule has 2 aliphatic heterocycles. The molecule has 2 heteroatoms. The van der Waals surface area contributed by atoms with Gasteiger partial charge in [0, 0.05) is 24.7 Å². The van der Waals surface area contributed by atoms with E-state index in [1.54, 1.807) is 11.1 Å². The average Bonchev–Trinajstić information content (AvgIpc) is 2.88. The second-order valence-corrected chi connectivity index (χ2v) is 8.63. The fourth-order valence-electron chi connectivity index (χ4n) is 5.11. The van der Waals surface area contributed by atoms with E-state index in [9.17, 15) is 0 Å². The van der Waals surface area contributed by atoms with Gasteiger partial charge in [-0.3, -0.25) is 0 Å². The molecule has 4 rings (SSSR count). The Morgan fingerprint density at radius 2 is 1.57 bits per heavy atom. The summed E-state index contributed by atoms with van der Waals surface area (Å²) in [6, 6.07) is 18.4. The maximum absolute atomic E-state index is 2.69. The van der Waals surface area contributed by atoms with Crippen LogP contribution in [0.25, 0.3) is 0 Å². The van der Waals surface area contributed by atoms with Gasteiger partial charge in [-0.15, -0.1) is 0 Å². The molecule has 0 spiro atoms. The van der Waals surface area contributed by atoms with Gasteiger partial charge in [-0.05, 0) is 74.5 Å². The molecule has 1 unspecified atom stereocenters. The Morgan fingerprint density at radius 1 is 0.821 bits per heavy atom. The molecule has 0 aliphatic carbocycles. The lowest BCUT2D eigenvalue weighted by Crippen LogP contribution is -2.30. The first-order valence-electron chi connectivity index (χ1n) is 11.5. The minimum Gasteiger partial charge on any atom is -0.367 e. The SMILES string of the molecule is CCCCN1Cc2ccccc2C(CCCN2CCCCC2)c2ccccc21. The molecular weight excluding hydrogens is 340 g/mol. The highest BCUT2D eigenvalue weighted by molar-refractivity contribution is 5.60. The van der Waals surface area contributed by atoms with E-state index in [4.69, 9.17) is 0 Å². The first-order valence-corrected chi connectivity index (χ1v) is 11.5. The first-order chi connectivity index (χ1) is 13.9. The third kappa shape index (κ3) is 4.43. The number of hydrogen-bond donors (Lipinski definition) is 0. The van der Waals surface area contributed by atoms with Gasteiger partial charge in [0.2, 0.25) is 0 Å². The van der Waals surface area contributed by atoms with Gasteiger partial charge in [-0.2, -0.15) is 0 Å². The van der Waals surface area contributed by atoms with E-state index in [0.29, 0.717) is 5.92 Å². The van der Waals surface area contributed by atoms with Crippen LogP contribution < -0.4 is 4.90 Å². The van der Waals surface area contributed by atoms with Crippen molar-refractivity contribution in [1.29, 1.82) is 0 Å². The molecule has 0 bridgehead atoms. The van der Waals surface area contributed by atoms with E-state index in [1.807, 2.05) is 0 Å². The van der Waals surface area contributed by atoms with E-state index in [1.165, 1.54) is 75.8 Å². The van der Waals surface area contributed by atoms with Crippen molar-refractivity contribution in [3.8, 4) is 0 Å². The van der Waals surface area contributed by atoms with Crippen LogP contribution in [0.15, 0.2) is 48.5 Å². The van der Waals surface area contributed by atoms with Gasteiger partial charge in [0.1, 0.15) is 0 Å². The Balaban J connectivity index is 1.58. The summed E-state index contributed by atoms with van der Waals surface area (Å²) in [4.78, 5) is 5.31. The summed E-state index contributed by atoms with van der Waals surface area (Å²) in [6.45, 7) is 8.38. The average molecular weight is 377 g/mol. The number of unbranched alkanes of at least 4 members (excludes halogenated alkanes) is 1. The van der Waals surface area contributed by atoms with E-state index in [-0.39, 0.29) is 0 Å². The van der Waals surface area contributed by atoms with Crippen LogP contribution in [-0.4, -0.2) is 31.1 Å². The summed E-state index contributed by atoms with van der Waals surface area (Å²) in [6.07, 6.45) is 9.26. The van der Waals surface area contributed by atoms with Gasteiger partial charge in [-0.25, -0.2) is 0 Å². The zero-order chi connectivity index (χ0) is 19.2. The highest BCUT2D eigenvalue weighted by atomic mass is 15.1. The molecule has 0 saturated carbocycles. The van der Waals surface area contributed by atoms with E-state index >= 15 is 0 Å². The van der Waals surface area contributed by atoms with E-state index < -0.39 is 0 Å². The number of hydrogen-bond acceptors (Lipinski definition) is 2. The summed E-state index contributed by atoms with van der Waals surface area (Å²) in [5.41, 5.74) is 6.10. The first kappa shape index (κ1) is 19.5. The maximum Gasteiger partial charge on any atom is 0.0432 e. The molecule has 0 aromatic heterocycles. The van der Waals surface area contributed by atoms with Crippen LogP contribution in [0, 0.1) is 0 Å². The smallest absolute Gasteiger partial charge is 0.0432 e. The second kappa shape index (κ2) is 9.60. The van der Waals surface area contributed by atoms with Crippen LogP contribution in [0.1, 0.15) is 74.5 Å². The Labute approximate surface area is 171 Å². The molecule has 2 aliphatic rings. The largest absolute Gasteiger partial charge is 0.367 e. The summed E-state index contributed by atoms with van der Waals surface area (Å²) >= 11 is 0. The zero-order valence-corrected chi connectivity index (χ0v) is 17.6. The molecule has 0 amide bonds. The monoisotopic (exact) mass is 376 g/mol. The molecule has 2 aromatic carbocycles. The standard InChI is InChI=1S/C26H36N2/c1-2-3-20-28-21-22-12-5-6-13-23(22)24(25-14-7-8-16-26(25)28)15-11-19-27-17-9-4-10-18-27/h5-8,12-14,16,24H,2-4,9-11,15,17-21H2,1H3. The third-order valence-corrected chi connectivity index (χ3v) is 6.64.